The van der Waals surface area contributed by atoms with Gasteiger partial charge in [0, 0.05) is 67.4 Å². The van der Waals surface area contributed by atoms with Crippen molar-refractivity contribution >= 4 is 63.0 Å². The fourth-order valence-corrected chi connectivity index (χ4v) is 8.73. The van der Waals surface area contributed by atoms with E-state index in [9.17, 15) is 4.79 Å². The minimum Gasteiger partial charge on any atom is -0.444 e. The van der Waals surface area contributed by atoms with Crippen LogP contribution in [0, 0.1) is 5.92 Å². The van der Waals surface area contributed by atoms with E-state index in [0.29, 0.717) is 35.4 Å². The summed E-state index contributed by atoms with van der Waals surface area (Å²) in [6, 6.07) is 8.49. The molecular weight excluding hydrogens is 809 g/mol. The summed E-state index contributed by atoms with van der Waals surface area (Å²) in [5.74, 6) is 2.20. The Hall–Kier alpha value is -4.95. The highest BCUT2D eigenvalue weighted by atomic mass is 35.5. The summed E-state index contributed by atoms with van der Waals surface area (Å²) in [7, 11) is 0. The number of pyridine rings is 4. The summed E-state index contributed by atoms with van der Waals surface area (Å²) in [4.78, 5) is 40.3. The highest BCUT2D eigenvalue weighted by molar-refractivity contribution is 6.29. The van der Waals surface area contributed by atoms with Crippen LogP contribution in [-0.2, 0) is 43.6 Å². The summed E-state index contributed by atoms with van der Waals surface area (Å²) >= 11 is 11.6. The van der Waals surface area contributed by atoms with E-state index in [2.05, 4.69) is 64.5 Å². The summed E-state index contributed by atoms with van der Waals surface area (Å²) in [6.45, 7) is 13.0. The van der Waals surface area contributed by atoms with Crippen molar-refractivity contribution in [1.29, 1.82) is 0 Å². The van der Waals surface area contributed by atoms with Crippen LogP contribution in [0.1, 0.15) is 100 Å². The van der Waals surface area contributed by atoms with Gasteiger partial charge in [0.1, 0.15) is 27.4 Å². The molecule has 0 unspecified atom stereocenters. The van der Waals surface area contributed by atoms with Gasteiger partial charge in [-0.15, -0.1) is 0 Å². The number of fused-ring (bicyclic) bond motifs is 6. The van der Waals surface area contributed by atoms with Crippen LogP contribution >= 0.6 is 23.2 Å². The average molecular weight is 867 g/mol. The van der Waals surface area contributed by atoms with Crippen LogP contribution < -0.4 is 16.0 Å². The predicted molar refractivity (Wildman–Crippen MR) is 243 cm³/mol. The first-order chi connectivity index (χ1) is 29.0. The number of carbonyl (C=O) groups excluding carboxylic acids is 1. The molecule has 0 atom stereocenters. The van der Waals surface area contributed by atoms with E-state index < -0.39 is 5.60 Å². The van der Waals surface area contributed by atoms with E-state index in [1.54, 1.807) is 11.1 Å². The number of halogens is 2. The molecule has 10 rings (SSSR count). The zero-order chi connectivity index (χ0) is 41.8. The number of carbonyl (C=O) groups is 1. The fourth-order valence-electron chi connectivity index (χ4n) is 8.37. The molecule has 0 spiro atoms. The Morgan fingerprint density at radius 1 is 0.787 bits per heavy atom. The van der Waals surface area contributed by atoms with Gasteiger partial charge in [-0.25, -0.2) is 24.7 Å². The molecule has 1 fully saturated rings. The number of hydrogen-bond acceptors (Lipinski definition) is 11. The fraction of sp³-hybridized carbons (Fsp3) is 0.457. The molecule has 4 aliphatic rings. The van der Waals surface area contributed by atoms with Crippen molar-refractivity contribution in [2.75, 3.05) is 25.0 Å². The number of anilines is 2. The predicted octanol–water partition coefficient (Wildman–Crippen LogP) is 9.56. The van der Waals surface area contributed by atoms with Crippen molar-refractivity contribution in [3.05, 3.63) is 105 Å². The molecule has 1 saturated carbocycles. The van der Waals surface area contributed by atoms with Crippen molar-refractivity contribution in [1.82, 2.24) is 50.0 Å². The summed E-state index contributed by atoms with van der Waals surface area (Å²) in [6.07, 6.45) is 18.8. The van der Waals surface area contributed by atoms with Gasteiger partial charge >= 0.3 is 6.09 Å². The van der Waals surface area contributed by atoms with Gasteiger partial charge in [-0.2, -0.15) is 4.98 Å². The van der Waals surface area contributed by atoms with E-state index in [0.717, 1.165) is 84.9 Å². The van der Waals surface area contributed by atoms with Crippen molar-refractivity contribution in [3.63, 3.8) is 0 Å². The second-order valence-corrected chi connectivity index (χ2v) is 17.9. The maximum absolute atomic E-state index is 11.9. The molecule has 6 aromatic rings. The lowest BCUT2D eigenvalue weighted by atomic mass is 9.87. The second kappa shape index (κ2) is 19.4. The Balaban J connectivity index is 0.000000158. The smallest absolute Gasteiger partial charge is 0.410 e. The lowest BCUT2D eigenvalue weighted by Crippen LogP contribution is -2.39. The number of nitrogens with zero attached hydrogens (tertiary/aromatic N) is 8. The first-order valence-electron chi connectivity index (χ1n) is 21.0. The van der Waals surface area contributed by atoms with Crippen LogP contribution in [0.3, 0.4) is 0 Å². The van der Waals surface area contributed by atoms with Gasteiger partial charge in [-0.05, 0) is 142 Å². The van der Waals surface area contributed by atoms with E-state index in [1.807, 2.05) is 63.9 Å². The average Bonchev–Trinajstić information content (AvgIpc) is 3.57. The van der Waals surface area contributed by atoms with E-state index in [1.165, 1.54) is 53.3 Å². The van der Waals surface area contributed by atoms with Gasteiger partial charge < -0.3 is 30.2 Å². The van der Waals surface area contributed by atoms with Gasteiger partial charge in [0.2, 0.25) is 5.95 Å². The summed E-state index contributed by atoms with van der Waals surface area (Å²) in [5, 5.41) is 13.4. The van der Waals surface area contributed by atoms with Gasteiger partial charge in [0.15, 0.2) is 0 Å². The molecule has 0 radical (unpaired) electrons. The molecule has 13 nitrogen and oxygen atoms in total. The first-order valence-corrected chi connectivity index (χ1v) is 21.7. The third kappa shape index (κ3) is 10.7. The SMILES string of the molecule is C.CC(C)(C)OC(=O)N1CCc2cc(Cl)ncc2C1.CC1CCC(n2c3cnccc3c3cnc(Nc4cc5c(cn4)CNCC5)nc32)CC1.Clc1cc2c(cn1)CNCC2. The summed E-state index contributed by atoms with van der Waals surface area (Å²) < 4.78 is 7.76. The van der Waals surface area contributed by atoms with E-state index in [-0.39, 0.29) is 13.5 Å². The standard InChI is InChI=1S/C24H27N7.C13H17ClN2O2.C8H9ClN2.CH4/c1-15-2-4-18(5-3-15)31-21-14-26-9-7-19(21)20-13-28-24(30-23(20)31)29-22-10-16-6-8-25-11-17(16)12-27-22;1-13(2,3)18-12(17)16-5-4-9-6-11(14)15-7-10(9)8-16;9-8-3-6-1-2-10-4-7(6)5-11-8;/h7,9-10,12-15,18,25H,2-6,8,11H2,1H3,(H,27,28,29,30);6-7H,4-5,8H2,1-3H3;3,5,10H,1-2,4H2;1H4. The molecule has 15 heteroatoms. The molecule has 322 valence electrons. The minimum absolute atomic E-state index is 0. The Morgan fingerprint density at radius 2 is 1.43 bits per heavy atom. The van der Waals surface area contributed by atoms with Crippen LogP contribution in [-0.4, -0.2) is 70.7 Å². The third-order valence-electron chi connectivity index (χ3n) is 11.6. The highest BCUT2D eigenvalue weighted by Gasteiger charge is 2.27. The maximum Gasteiger partial charge on any atom is 0.410 e. The second-order valence-electron chi connectivity index (χ2n) is 17.1. The molecule has 61 heavy (non-hydrogen) atoms. The van der Waals surface area contributed by atoms with Crippen molar-refractivity contribution < 1.29 is 9.53 Å². The van der Waals surface area contributed by atoms with Crippen LogP contribution in [0.4, 0.5) is 16.6 Å². The van der Waals surface area contributed by atoms with Crippen LogP contribution in [0.15, 0.2) is 61.4 Å². The molecule has 1 aliphatic carbocycles. The minimum atomic E-state index is -0.463. The van der Waals surface area contributed by atoms with Crippen molar-refractivity contribution in [3.8, 4) is 0 Å². The molecule has 0 saturated heterocycles. The zero-order valence-electron chi connectivity index (χ0n) is 34.8. The first kappa shape index (κ1) is 44.1. The molecule has 0 bridgehead atoms. The van der Waals surface area contributed by atoms with Crippen molar-refractivity contribution in [2.24, 2.45) is 5.92 Å². The normalized spacial score (nSPS) is 18.2. The van der Waals surface area contributed by atoms with Gasteiger partial charge in [0.25, 0.3) is 0 Å². The maximum atomic E-state index is 11.9. The Bertz CT molecular complexity index is 2480. The number of hydrogen-bond donors (Lipinski definition) is 3. The number of rotatable bonds is 3. The molecule has 3 N–H and O–H groups in total. The van der Waals surface area contributed by atoms with E-state index >= 15 is 0 Å². The van der Waals surface area contributed by atoms with Gasteiger partial charge in [0.05, 0.1) is 18.3 Å². The molecule has 6 aromatic heterocycles. The van der Waals surface area contributed by atoms with Gasteiger partial charge in [-0.1, -0.05) is 37.6 Å². The molecular formula is C46H57Cl2N11O2. The molecule has 1 amide bonds. The topological polar surface area (TPSA) is 148 Å². The third-order valence-corrected chi connectivity index (χ3v) is 12.0. The summed E-state index contributed by atoms with van der Waals surface area (Å²) in [5.41, 5.74) is 9.11. The Morgan fingerprint density at radius 3 is 2.11 bits per heavy atom. The Labute approximate surface area is 368 Å². The van der Waals surface area contributed by atoms with E-state index in [4.69, 9.17) is 32.9 Å². The largest absolute Gasteiger partial charge is 0.444 e. The van der Waals surface area contributed by atoms with Gasteiger partial charge in [-0.3, -0.25) is 4.98 Å². The quantitative estimate of drug-likeness (QED) is 0.146. The number of amides is 1. The Kier molecular flexibility index (Phi) is 14.0. The zero-order valence-corrected chi connectivity index (χ0v) is 36.3. The molecule has 9 heterocycles. The molecule has 0 aromatic carbocycles. The number of aromatic nitrogens is 7. The van der Waals surface area contributed by atoms with Crippen molar-refractivity contribution in [2.45, 2.75) is 111 Å². The monoisotopic (exact) mass is 865 g/mol. The highest BCUT2D eigenvalue weighted by Crippen LogP contribution is 2.38. The van der Waals surface area contributed by atoms with Crippen LogP contribution in [0.5, 0.6) is 0 Å². The number of ether oxygens (including phenoxy) is 1. The number of nitrogens with one attached hydrogen (secondary N) is 3. The lowest BCUT2D eigenvalue weighted by Gasteiger charge is -2.31. The molecule has 3 aliphatic heterocycles. The van der Waals surface area contributed by atoms with Crippen LogP contribution in [0.2, 0.25) is 10.3 Å². The lowest BCUT2D eigenvalue weighted by molar-refractivity contribution is 0.0223. The van der Waals surface area contributed by atoms with Crippen LogP contribution in [0.25, 0.3) is 21.9 Å².